The van der Waals surface area contributed by atoms with Gasteiger partial charge in [0, 0.05) is 25.0 Å². The molecule has 35 heavy (non-hydrogen) atoms. The van der Waals surface area contributed by atoms with E-state index in [0.29, 0.717) is 13.0 Å². The molecule has 180 valence electrons. The van der Waals surface area contributed by atoms with E-state index in [2.05, 4.69) is 37.9 Å². The summed E-state index contributed by atoms with van der Waals surface area (Å²) < 4.78 is 10.6. The molecule has 0 saturated carbocycles. The van der Waals surface area contributed by atoms with Gasteiger partial charge >= 0.3 is 12.1 Å². The molecule has 1 aliphatic heterocycles. The predicted octanol–water partition coefficient (Wildman–Crippen LogP) is 2.39. The van der Waals surface area contributed by atoms with E-state index in [9.17, 15) is 14.4 Å². The molecule has 4 N–H and O–H groups in total. The summed E-state index contributed by atoms with van der Waals surface area (Å²) in [6.45, 7) is 0.575. The zero-order valence-electron chi connectivity index (χ0n) is 18.6. The molecular formula is C24H23N5O6. The number of hydrogen-bond acceptors (Lipinski definition) is 7. The summed E-state index contributed by atoms with van der Waals surface area (Å²) in [4.78, 5) is 39.8. The maximum Gasteiger partial charge on any atom is 0.414 e. The number of carbonyl (C=O) groups is 3. The lowest BCUT2D eigenvalue weighted by Crippen LogP contribution is -2.36. The Morgan fingerprint density at radius 2 is 1.77 bits per heavy atom. The van der Waals surface area contributed by atoms with E-state index in [1.165, 1.54) is 0 Å². The summed E-state index contributed by atoms with van der Waals surface area (Å²) in [7, 11) is 0. The van der Waals surface area contributed by atoms with Crippen molar-refractivity contribution in [2.24, 2.45) is 5.92 Å². The molecule has 11 nitrogen and oxygen atoms in total. The van der Waals surface area contributed by atoms with Gasteiger partial charge in [-0.2, -0.15) is 4.98 Å². The zero-order chi connectivity index (χ0) is 24.4. The molecule has 0 spiro atoms. The molecule has 2 amide bonds. The minimum absolute atomic E-state index is 0.0872. The second-order valence-electron chi connectivity index (χ2n) is 8.35. The average Bonchev–Trinajstić information content (AvgIpc) is 3.59. The maximum absolute atomic E-state index is 12.4. The molecule has 1 fully saturated rings. The zero-order valence-corrected chi connectivity index (χ0v) is 18.6. The third kappa shape index (κ3) is 4.58. The Labute approximate surface area is 199 Å². The van der Waals surface area contributed by atoms with E-state index in [4.69, 9.17) is 14.6 Å². The van der Waals surface area contributed by atoms with Crippen LogP contribution in [0.1, 0.15) is 34.1 Å². The fourth-order valence-electron chi connectivity index (χ4n) is 4.57. The van der Waals surface area contributed by atoms with Crippen LogP contribution in [-0.2, 0) is 14.3 Å². The van der Waals surface area contributed by atoms with E-state index < -0.39 is 24.1 Å². The van der Waals surface area contributed by atoms with Gasteiger partial charge in [-0.15, -0.1) is 5.10 Å². The number of nitrogens with zero attached hydrogens (tertiary/aromatic N) is 2. The smallest absolute Gasteiger partial charge is 0.414 e. The van der Waals surface area contributed by atoms with Crippen molar-refractivity contribution in [2.45, 2.75) is 18.4 Å². The van der Waals surface area contributed by atoms with Crippen LogP contribution in [0.2, 0.25) is 0 Å². The second kappa shape index (κ2) is 9.55. The normalized spacial score (nSPS) is 18.5. The van der Waals surface area contributed by atoms with Gasteiger partial charge in [-0.1, -0.05) is 48.5 Å². The number of carboxylic acid groups (broad SMARTS) is 1. The fraction of sp³-hybridized carbons (Fsp3) is 0.292. The largest absolute Gasteiger partial charge is 0.479 e. The van der Waals surface area contributed by atoms with Crippen molar-refractivity contribution in [1.82, 2.24) is 20.5 Å². The summed E-state index contributed by atoms with van der Waals surface area (Å²) in [6, 6.07) is 16.0. The summed E-state index contributed by atoms with van der Waals surface area (Å²) in [6.07, 6.45) is -1.16. The molecular weight excluding hydrogens is 454 g/mol. The number of ether oxygens (including phenoxy) is 2. The highest BCUT2D eigenvalue weighted by Gasteiger charge is 2.34. The number of amides is 2. The first kappa shape index (κ1) is 22.5. The molecule has 3 aromatic rings. The van der Waals surface area contributed by atoms with Crippen LogP contribution >= 0.6 is 0 Å². The van der Waals surface area contributed by atoms with Crippen molar-refractivity contribution in [3.8, 4) is 11.1 Å². The van der Waals surface area contributed by atoms with Crippen LogP contribution in [0.25, 0.3) is 11.1 Å². The van der Waals surface area contributed by atoms with Crippen LogP contribution in [0.4, 0.5) is 10.7 Å². The van der Waals surface area contributed by atoms with E-state index in [0.717, 1.165) is 22.3 Å². The fourth-order valence-corrected chi connectivity index (χ4v) is 4.57. The second-order valence-corrected chi connectivity index (χ2v) is 8.35. The molecule has 1 aromatic heterocycles. The van der Waals surface area contributed by atoms with E-state index in [1.807, 2.05) is 36.4 Å². The summed E-state index contributed by atoms with van der Waals surface area (Å²) >= 11 is 0. The standard InChI is InChI=1S/C24H23N5O6/c30-21(25-11-13-9-10-34-19(13)22(31)32)20-26-23(29-28-20)27-24(33)35-12-18-16-7-3-1-5-14(16)15-6-2-4-8-17(15)18/h1-8,13,18-19H,9-12H2,(H,25,30)(H,31,32)(H2,26,27,28,29,33)/t13-,19-/m1/s1. The number of aliphatic carboxylic acids is 1. The first-order valence-corrected chi connectivity index (χ1v) is 11.2. The molecule has 2 aromatic carbocycles. The van der Waals surface area contributed by atoms with E-state index in [-0.39, 0.29) is 36.8 Å². The molecule has 0 radical (unpaired) electrons. The summed E-state index contributed by atoms with van der Waals surface area (Å²) in [5.41, 5.74) is 4.44. The number of nitrogens with one attached hydrogen (secondary N) is 3. The Bertz CT molecular complexity index is 1230. The van der Waals surface area contributed by atoms with E-state index >= 15 is 0 Å². The lowest BCUT2D eigenvalue weighted by molar-refractivity contribution is -0.149. The van der Waals surface area contributed by atoms with Gasteiger partial charge in [0.2, 0.25) is 5.82 Å². The Kier molecular flexibility index (Phi) is 6.15. The van der Waals surface area contributed by atoms with Crippen molar-refractivity contribution in [2.75, 3.05) is 25.1 Å². The highest BCUT2D eigenvalue weighted by Crippen LogP contribution is 2.44. The number of rotatable bonds is 7. The molecule has 0 bridgehead atoms. The van der Waals surface area contributed by atoms with Gasteiger partial charge in [0.05, 0.1) is 0 Å². The van der Waals surface area contributed by atoms with Gasteiger partial charge in [0.15, 0.2) is 6.10 Å². The Morgan fingerprint density at radius 3 is 2.46 bits per heavy atom. The van der Waals surface area contributed by atoms with Gasteiger partial charge in [-0.25, -0.2) is 9.59 Å². The van der Waals surface area contributed by atoms with Crippen molar-refractivity contribution >= 4 is 23.9 Å². The topological polar surface area (TPSA) is 156 Å². The minimum atomic E-state index is -1.06. The molecule has 2 atom stereocenters. The number of benzene rings is 2. The predicted molar refractivity (Wildman–Crippen MR) is 123 cm³/mol. The van der Waals surface area contributed by atoms with Crippen LogP contribution in [0.5, 0.6) is 0 Å². The molecule has 2 aliphatic rings. The van der Waals surface area contributed by atoms with Crippen LogP contribution in [-0.4, -0.2) is 64.1 Å². The molecule has 5 rings (SSSR count). The Hall–Kier alpha value is -4.25. The van der Waals surface area contributed by atoms with Gasteiger partial charge < -0.3 is 19.9 Å². The van der Waals surface area contributed by atoms with Gasteiger partial charge in [-0.05, 0) is 28.7 Å². The SMILES string of the molecule is O=C(Nc1n[nH]c(C(=O)NC[C@H]2CCO[C@H]2C(=O)O)n1)OCC1c2ccccc2-c2ccccc21. The number of hydrogen-bond donors (Lipinski definition) is 4. The van der Waals surface area contributed by atoms with Crippen LogP contribution in [0.15, 0.2) is 48.5 Å². The maximum atomic E-state index is 12.4. The summed E-state index contributed by atoms with van der Waals surface area (Å²) in [5.74, 6) is -2.29. The highest BCUT2D eigenvalue weighted by molar-refractivity contribution is 5.91. The van der Waals surface area contributed by atoms with Crippen molar-refractivity contribution in [3.63, 3.8) is 0 Å². The Morgan fingerprint density at radius 1 is 1.09 bits per heavy atom. The van der Waals surface area contributed by atoms with Crippen molar-refractivity contribution in [3.05, 3.63) is 65.5 Å². The van der Waals surface area contributed by atoms with Gasteiger partial charge in [0.1, 0.15) is 6.61 Å². The molecule has 11 heteroatoms. The lowest BCUT2D eigenvalue weighted by Gasteiger charge is -2.14. The van der Waals surface area contributed by atoms with Crippen molar-refractivity contribution in [1.29, 1.82) is 0 Å². The average molecular weight is 477 g/mol. The quantitative estimate of drug-likeness (QED) is 0.404. The molecule has 1 saturated heterocycles. The highest BCUT2D eigenvalue weighted by atomic mass is 16.5. The number of carbonyl (C=O) groups excluding carboxylic acids is 2. The first-order chi connectivity index (χ1) is 17.0. The molecule has 0 unspecified atom stereocenters. The number of carboxylic acids is 1. The Balaban J connectivity index is 1.15. The number of fused-ring (bicyclic) bond motifs is 3. The number of anilines is 1. The molecule has 1 aliphatic carbocycles. The van der Waals surface area contributed by atoms with Gasteiger partial charge in [0.25, 0.3) is 11.9 Å². The number of aromatic nitrogens is 3. The van der Waals surface area contributed by atoms with E-state index in [1.54, 1.807) is 0 Å². The van der Waals surface area contributed by atoms with Crippen LogP contribution < -0.4 is 10.6 Å². The molecule has 2 heterocycles. The lowest BCUT2D eigenvalue weighted by atomic mass is 9.98. The van der Waals surface area contributed by atoms with Crippen LogP contribution in [0.3, 0.4) is 0 Å². The van der Waals surface area contributed by atoms with Gasteiger partial charge in [-0.3, -0.25) is 15.2 Å². The monoisotopic (exact) mass is 477 g/mol. The third-order valence-corrected chi connectivity index (χ3v) is 6.24. The number of H-pyrrole nitrogens is 1. The van der Waals surface area contributed by atoms with Crippen LogP contribution in [0, 0.1) is 5.92 Å². The third-order valence-electron chi connectivity index (χ3n) is 6.24. The first-order valence-electron chi connectivity index (χ1n) is 11.2. The number of aromatic amines is 1. The minimum Gasteiger partial charge on any atom is -0.479 e. The summed E-state index contributed by atoms with van der Waals surface area (Å²) in [5, 5.41) is 20.5. The van der Waals surface area contributed by atoms with Crippen molar-refractivity contribution < 1.29 is 29.0 Å².